The van der Waals surface area contributed by atoms with Gasteiger partial charge in [0.2, 0.25) is 0 Å². The Hall–Kier alpha value is -2.11. The standard InChI is InChI=1S/C18H22N4O/c1-22-13-10-18(23,11-14-22)17(15-7-3-2-4-8-15)21-20-16-9-5-6-12-19-16/h2-9,12,17,23H,10-11,13-14H2,1H3. The van der Waals surface area contributed by atoms with Gasteiger partial charge in [0.1, 0.15) is 6.04 Å². The number of rotatable bonds is 4. The number of benzene rings is 1. The summed E-state index contributed by atoms with van der Waals surface area (Å²) in [7, 11) is 2.08. The van der Waals surface area contributed by atoms with Crippen molar-refractivity contribution in [1.29, 1.82) is 0 Å². The number of pyridine rings is 1. The van der Waals surface area contributed by atoms with Crippen molar-refractivity contribution in [3.63, 3.8) is 0 Å². The molecule has 1 aromatic heterocycles. The maximum Gasteiger partial charge on any atom is 0.173 e. The number of piperidine rings is 1. The zero-order chi connectivity index (χ0) is 16.1. The molecule has 1 N–H and O–H groups in total. The van der Waals surface area contributed by atoms with E-state index in [0.717, 1.165) is 18.7 Å². The Balaban J connectivity index is 1.90. The van der Waals surface area contributed by atoms with E-state index in [2.05, 4.69) is 27.2 Å². The van der Waals surface area contributed by atoms with Gasteiger partial charge in [-0.3, -0.25) is 0 Å². The monoisotopic (exact) mass is 310 g/mol. The first-order valence-electron chi connectivity index (χ1n) is 7.95. The van der Waals surface area contributed by atoms with Crippen LogP contribution in [0.25, 0.3) is 0 Å². The van der Waals surface area contributed by atoms with E-state index in [1.165, 1.54) is 0 Å². The predicted molar refractivity (Wildman–Crippen MR) is 89.6 cm³/mol. The second-order valence-corrected chi connectivity index (χ2v) is 6.12. The van der Waals surface area contributed by atoms with E-state index in [1.54, 1.807) is 6.20 Å². The van der Waals surface area contributed by atoms with Crippen LogP contribution in [0.15, 0.2) is 65.0 Å². The largest absolute Gasteiger partial charge is 0.387 e. The molecule has 0 amide bonds. The minimum absolute atomic E-state index is 0.376. The highest BCUT2D eigenvalue weighted by molar-refractivity contribution is 5.26. The molecule has 120 valence electrons. The fourth-order valence-electron chi connectivity index (χ4n) is 2.93. The molecule has 1 atom stereocenters. The molecule has 0 bridgehead atoms. The van der Waals surface area contributed by atoms with Gasteiger partial charge < -0.3 is 10.0 Å². The van der Waals surface area contributed by atoms with Crippen LogP contribution in [-0.4, -0.2) is 40.7 Å². The van der Waals surface area contributed by atoms with Gasteiger partial charge in [-0.05, 0) is 37.6 Å². The second kappa shape index (κ2) is 6.98. The minimum Gasteiger partial charge on any atom is -0.387 e. The Morgan fingerprint density at radius 1 is 1.09 bits per heavy atom. The Kier molecular flexibility index (Phi) is 4.79. The zero-order valence-electron chi connectivity index (χ0n) is 13.3. The van der Waals surface area contributed by atoms with Gasteiger partial charge in [0.15, 0.2) is 5.82 Å². The smallest absolute Gasteiger partial charge is 0.173 e. The minimum atomic E-state index is -0.869. The van der Waals surface area contributed by atoms with Crippen molar-refractivity contribution in [3.05, 3.63) is 60.3 Å². The second-order valence-electron chi connectivity index (χ2n) is 6.12. The number of hydrogen-bond acceptors (Lipinski definition) is 5. The number of nitrogens with zero attached hydrogens (tertiary/aromatic N) is 4. The molecule has 1 unspecified atom stereocenters. The topological polar surface area (TPSA) is 61.1 Å². The maximum atomic E-state index is 11.2. The Morgan fingerprint density at radius 3 is 2.43 bits per heavy atom. The van der Waals surface area contributed by atoms with Crippen LogP contribution >= 0.6 is 0 Å². The van der Waals surface area contributed by atoms with Gasteiger partial charge in [-0.15, -0.1) is 5.11 Å². The highest BCUT2D eigenvalue weighted by Gasteiger charge is 2.40. The SMILES string of the molecule is CN1CCC(O)(C(N=Nc2ccccn2)c2ccccc2)CC1. The average molecular weight is 310 g/mol. The molecule has 0 aliphatic carbocycles. The molecule has 5 nitrogen and oxygen atoms in total. The van der Waals surface area contributed by atoms with E-state index in [-0.39, 0.29) is 6.04 Å². The molecule has 1 fully saturated rings. The summed E-state index contributed by atoms with van der Waals surface area (Å²) in [4.78, 5) is 6.40. The number of hydrogen-bond donors (Lipinski definition) is 1. The summed E-state index contributed by atoms with van der Waals surface area (Å²) in [5.74, 6) is 0.560. The highest BCUT2D eigenvalue weighted by Crippen LogP contribution is 2.38. The van der Waals surface area contributed by atoms with Crippen LogP contribution < -0.4 is 0 Å². The van der Waals surface area contributed by atoms with E-state index in [0.29, 0.717) is 18.7 Å². The lowest BCUT2D eigenvalue weighted by molar-refractivity contribution is -0.0379. The molecule has 2 aromatic rings. The third-order valence-electron chi connectivity index (χ3n) is 4.40. The van der Waals surface area contributed by atoms with Crippen LogP contribution in [0.1, 0.15) is 24.4 Å². The summed E-state index contributed by atoms with van der Waals surface area (Å²) >= 11 is 0. The zero-order valence-corrected chi connectivity index (χ0v) is 13.3. The van der Waals surface area contributed by atoms with Gasteiger partial charge in [-0.1, -0.05) is 36.4 Å². The molecule has 1 aromatic carbocycles. The van der Waals surface area contributed by atoms with E-state index < -0.39 is 5.60 Å². The van der Waals surface area contributed by atoms with Gasteiger partial charge in [-0.2, -0.15) is 5.11 Å². The molecule has 1 aliphatic heterocycles. The third kappa shape index (κ3) is 3.81. The molecule has 23 heavy (non-hydrogen) atoms. The van der Waals surface area contributed by atoms with Crippen LogP contribution in [0.5, 0.6) is 0 Å². The van der Waals surface area contributed by atoms with Crippen LogP contribution in [0.4, 0.5) is 5.82 Å². The highest BCUT2D eigenvalue weighted by atomic mass is 16.3. The van der Waals surface area contributed by atoms with Gasteiger partial charge in [0, 0.05) is 19.3 Å². The summed E-state index contributed by atoms with van der Waals surface area (Å²) in [5, 5.41) is 19.9. The maximum absolute atomic E-state index is 11.2. The van der Waals surface area contributed by atoms with Crippen LogP contribution in [-0.2, 0) is 0 Å². The van der Waals surface area contributed by atoms with Gasteiger partial charge >= 0.3 is 0 Å². The van der Waals surface area contributed by atoms with Crippen molar-refractivity contribution in [2.45, 2.75) is 24.5 Å². The summed E-state index contributed by atoms with van der Waals surface area (Å²) in [5.41, 5.74) is 0.116. The summed E-state index contributed by atoms with van der Waals surface area (Å²) in [6.07, 6.45) is 3.06. The lowest BCUT2D eigenvalue weighted by Gasteiger charge is -2.39. The van der Waals surface area contributed by atoms with Crippen molar-refractivity contribution in [3.8, 4) is 0 Å². The number of aliphatic hydroxyl groups is 1. The van der Waals surface area contributed by atoms with Crippen LogP contribution in [0.2, 0.25) is 0 Å². The van der Waals surface area contributed by atoms with Crippen LogP contribution in [0, 0.1) is 0 Å². The Bertz CT molecular complexity index is 637. The van der Waals surface area contributed by atoms with Crippen LogP contribution in [0.3, 0.4) is 0 Å². The lowest BCUT2D eigenvalue weighted by atomic mass is 9.81. The first kappa shape index (κ1) is 15.8. The summed E-state index contributed by atoms with van der Waals surface area (Å²) in [6, 6.07) is 15.1. The Labute approximate surface area is 136 Å². The van der Waals surface area contributed by atoms with Gasteiger partial charge in [0.05, 0.1) is 5.60 Å². The summed E-state index contributed by atoms with van der Waals surface area (Å²) in [6.45, 7) is 1.72. The quantitative estimate of drug-likeness (QED) is 0.881. The Morgan fingerprint density at radius 2 is 1.78 bits per heavy atom. The molecule has 3 rings (SSSR count). The van der Waals surface area contributed by atoms with Crippen molar-refractivity contribution < 1.29 is 5.11 Å². The number of likely N-dealkylation sites (tertiary alicyclic amines) is 1. The fraction of sp³-hybridized carbons (Fsp3) is 0.389. The number of azo groups is 1. The van der Waals surface area contributed by atoms with Crippen molar-refractivity contribution in [2.75, 3.05) is 20.1 Å². The third-order valence-corrected chi connectivity index (χ3v) is 4.40. The lowest BCUT2D eigenvalue weighted by Crippen LogP contribution is -2.46. The van der Waals surface area contributed by atoms with Crippen molar-refractivity contribution in [2.24, 2.45) is 10.2 Å². The van der Waals surface area contributed by atoms with Gasteiger partial charge in [-0.25, -0.2) is 4.98 Å². The summed E-state index contributed by atoms with van der Waals surface area (Å²) < 4.78 is 0. The normalized spacial score (nSPS) is 19.7. The molecule has 1 saturated heterocycles. The molecule has 0 saturated carbocycles. The van der Waals surface area contributed by atoms with E-state index in [9.17, 15) is 5.11 Å². The molecule has 1 aliphatic rings. The van der Waals surface area contributed by atoms with Crippen molar-refractivity contribution in [1.82, 2.24) is 9.88 Å². The average Bonchev–Trinajstić information content (AvgIpc) is 2.60. The number of aromatic nitrogens is 1. The molecular formula is C18H22N4O. The molecule has 0 spiro atoms. The van der Waals surface area contributed by atoms with E-state index in [1.807, 2.05) is 48.5 Å². The molecule has 2 heterocycles. The van der Waals surface area contributed by atoms with Gasteiger partial charge in [0.25, 0.3) is 0 Å². The molecule has 5 heteroatoms. The van der Waals surface area contributed by atoms with E-state index >= 15 is 0 Å². The predicted octanol–water partition coefficient (Wildman–Crippen LogP) is 3.36. The first-order valence-corrected chi connectivity index (χ1v) is 7.95. The first-order chi connectivity index (χ1) is 11.2. The van der Waals surface area contributed by atoms with E-state index in [4.69, 9.17) is 0 Å². The molecule has 0 radical (unpaired) electrons. The fourth-order valence-corrected chi connectivity index (χ4v) is 2.93. The van der Waals surface area contributed by atoms with Crippen molar-refractivity contribution >= 4 is 5.82 Å². The molecular weight excluding hydrogens is 288 g/mol.